The van der Waals surface area contributed by atoms with Gasteiger partial charge in [-0.2, -0.15) is 0 Å². The smallest absolute Gasteiger partial charge is 0.305 e. The van der Waals surface area contributed by atoms with Crippen LogP contribution in [0.15, 0.2) is 17.1 Å². The summed E-state index contributed by atoms with van der Waals surface area (Å²) in [5, 5.41) is 0.654. The molecule has 0 aliphatic carbocycles. The Morgan fingerprint density at radius 2 is 2.32 bits per heavy atom. The summed E-state index contributed by atoms with van der Waals surface area (Å²) >= 11 is 1.34. The van der Waals surface area contributed by atoms with E-state index >= 15 is 0 Å². The second kappa shape index (κ2) is 5.97. The second-order valence-electron chi connectivity index (χ2n) is 4.27. The SMILES string of the molecule is CCOC(=O)CCCn1sc2ncc(C)cc2c1=O. The van der Waals surface area contributed by atoms with Crippen molar-refractivity contribution in [1.29, 1.82) is 0 Å². The predicted molar refractivity (Wildman–Crippen MR) is 74.5 cm³/mol. The minimum Gasteiger partial charge on any atom is -0.466 e. The van der Waals surface area contributed by atoms with E-state index in [1.54, 1.807) is 17.1 Å². The Balaban J connectivity index is 2.07. The number of aryl methyl sites for hydroxylation is 2. The number of pyridine rings is 1. The van der Waals surface area contributed by atoms with Crippen LogP contribution < -0.4 is 5.56 Å². The number of fused-ring (bicyclic) bond motifs is 1. The normalized spacial score (nSPS) is 10.8. The number of hydrogen-bond donors (Lipinski definition) is 0. The molecule has 2 aromatic rings. The van der Waals surface area contributed by atoms with E-state index in [9.17, 15) is 9.59 Å². The van der Waals surface area contributed by atoms with E-state index in [2.05, 4.69) is 4.98 Å². The third kappa shape index (κ3) is 3.20. The zero-order chi connectivity index (χ0) is 13.8. The Hall–Kier alpha value is -1.69. The van der Waals surface area contributed by atoms with E-state index in [4.69, 9.17) is 4.74 Å². The van der Waals surface area contributed by atoms with Gasteiger partial charge < -0.3 is 4.74 Å². The van der Waals surface area contributed by atoms with E-state index < -0.39 is 0 Å². The number of nitrogens with zero attached hydrogens (tertiary/aromatic N) is 2. The minimum absolute atomic E-state index is 0.0277. The van der Waals surface area contributed by atoms with Gasteiger partial charge in [-0.1, -0.05) is 0 Å². The largest absolute Gasteiger partial charge is 0.466 e. The maximum Gasteiger partial charge on any atom is 0.305 e. The number of hydrogen-bond acceptors (Lipinski definition) is 5. The molecule has 0 bridgehead atoms. The maximum atomic E-state index is 12.1. The van der Waals surface area contributed by atoms with Crippen molar-refractivity contribution in [3.63, 3.8) is 0 Å². The van der Waals surface area contributed by atoms with Crippen LogP contribution in [0.3, 0.4) is 0 Å². The highest BCUT2D eigenvalue weighted by atomic mass is 32.1. The van der Waals surface area contributed by atoms with Crippen molar-refractivity contribution in [2.75, 3.05) is 6.61 Å². The second-order valence-corrected chi connectivity index (χ2v) is 5.28. The van der Waals surface area contributed by atoms with Crippen molar-refractivity contribution in [1.82, 2.24) is 8.94 Å². The summed E-state index contributed by atoms with van der Waals surface area (Å²) in [4.78, 5) is 28.3. The summed E-state index contributed by atoms with van der Waals surface area (Å²) in [6, 6.07) is 1.85. The highest BCUT2D eigenvalue weighted by molar-refractivity contribution is 7.13. The molecule has 0 amide bonds. The maximum absolute atomic E-state index is 12.1. The minimum atomic E-state index is -0.217. The molecule has 0 fully saturated rings. The first-order valence-electron chi connectivity index (χ1n) is 6.24. The summed E-state index contributed by atoms with van der Waals surface area (Å²) in [7, 11) is 0. The summed E-state index contributed by atoms with van der Waals surface area (Å²) < 4.78 is 6.50. The van der Waals surface area contributed by atoms with Gasteiger partial charge in [0, 0.05) is 19.2 Å². The predicted octanol–water partition coefficient (Wildman–Crippen LogP) is 2.11. The van der Waals surface area contributed by atoms with Crippen molar-refractivity contribution in [3.8, 4) is 0 Å². The van der Waals surface area contributed by atoms with Gasteiger partial charge in [0.2, 0.25) is 0 Å². The van der Waals surface area contributed by atoms with Gasteiger partial charge in [-0.25, -0.2) is 4.98 Å². The fraction of sp³-hybridized carbons (Fsp3) is 0.462. The molecule has 0 saturated heterocycles. The third-order valence-corrected chi connectivity index (χ3v) is 3.76. The molecule has 0 N–H and O–H groups in total. The average Bonchev–Trinajstić information content (AvgIpc) is 2.67. The molecule has 0 aliphatic heterocycles. The molecule has 0 spiro atoms. The van der Waals surface area contributed by atoms with E-state index in [1.165, 1.54) is 11.5 Å². The Labute approximate surface area is 115 Å². The van der Waals surface area contributed by atoms with Gasteiger partial charge in [0.1, 0.15) is 4.83 Å². The highest BCUT2D eigenvalue weighted by Gasteiger charge is 2.09. The number of ether oxygens (including phenoxy) is 1. The quantitative estimate of drug-likeness (QED) is 0.787. The van der Waals surface area contributed by atoms with E-state index in [1.807, 2.05) is 13.0 Å². The summed E-state index contributed by atoms with van der Waals surface area (Å²) in [5.41, 5.74) is 0.945. The third-order valence-electron chi connectivity index (χ3n) is 2.69. The Kier molecular flexibility index (Phi) is 4.31. The van der Waals surface area contributed by atoms with Crippen LogP contribution in [0.25, 0.3) is 10.2 Å². The van der Waals surface area contributed by atoms with Crippen molar-refractivity contribution in [3.05, 3.63) is 28.2 Å². The van der Waals surface area contributed by atoms with Crippen LogP contribution in [0.2, 0.25) is 0 Å². The molecular weight excluding hydrogens is 264 g/mol. The molecule has 5 nitrogen and oxygen atoms in total. The van der Waals surface area contributed by atoms with Crippen LogP contribution in [-0.4, -0.2) is 21.5 Å². The van der Waals surface area contributed by atoms with Gasteiger partial charge in [0.25, 0.3) is 5.56 Å². The lowest BCUT2D eigenvalue weighted by atomic mass is 10.2. The van der Waals surface area contributed by atoms with Gasteiger partial charge in [0.15, 0.2) is 0 Å². The molecule has 0 saturated carbocycles. The van der Waals surface area contributed by atoms with Crippen molar-refractivity contribution in [2.24, 2.45) is 0 Å². The number of rotatable bonds is 5. The van der Waals surface area contributed by atoms with Crippen LogP contribution in [0, 0.1) is 6.92 Å². The topological polar surface area (TPSA) is 61.2 Å². The van der Waals surface area contributed by atoms with Gasteiger partial charge in [-0.3, -0.25) is 13.5 Å². The van der Waals surface area contributed by atoms with Crippen molar-refractivity contribution < 1.29 is 9.53 Å². The molecule has 0 aromatic carbocycles. The number of carbonyl (C=O) groups is 1. The van der Waals surface area contributed by atoms with E-state index in [-0.39, 0.29) is 11.5 Å². The first kappa shape index (κ1) is 13.7. The first-order valence-corrected chi connectivity index (χ1v) is 7.01. The first-order chi connectivity index (χ1) is 9.11. The lowest BCUT2D eigenvalue weighted by molar-refractivity contribution is -0.143. The van der Waals surface area contributed by atoms with Gasteiger partial charge in [-0.05, 0) is 43.4 Å². The molecule has 2 rings (SSSR count). The van der Waals surface area contributed by atoms with Gasteiger partial charge in [0.05, 0.1) is 12.0 Å². The molecule has 0 unspecified atom stereocenters. The zero-order valence-corrected chi connectivity index (χ0v) is 11.8. The lowest BCUT2D eigenvalue weighted by Gasteiger charge is -2.01. The summed E-state index contributed by atoms with van der Waals surface area (Å²) in [6.45, 7) is 4.61. The van der Waals surface area contributed by atoms with Crippen molar-refractivity contribution in [2.45, 2.75) is 33.2 Å². The van der Waals surface area contributed by atoms with Crippen LogP contribution in [0.5, 0.6) is 0 Å². The molecule has 2 aromatic heterocycles. The van der Waals surface area contributed by atoms with Crippen LogP contribution in [0.1, 0.15) is 25.3 Å². The van der Waals surface area contributed by atoms with Crippen LogP contribution in [0.4, 0.5) is 0 Å². The number of aromatic nitrogens is 2. The highest BCUT2D eigenvalue weighted by Crippen LogP contribution is 2.15. The Morgan fingerprint density at radius 1 is 1.53 bits per heavy atom. The molecule has 0 radical (unpaired) electrons. The van der Waals surface area contributed by atoms with Gasteiger partial charge in [-0.15, -0.1) is 0 Å². The summed E-state index contributed by atoms with van der Waals surface area (Å²) in [6.07, 6.45) is 2.69. The fourth-order valence-corrected chi connectivity index (χ4v) is 2.76. The van der Waals surface area contributed by atoms with E-state index in [0.717, 1.165) is 10.4 Å². The summed E-state index contributed by atoms with van der Waals surface area (Å²) in [5.74, 6) is -0.217. The molecule has 19 heavy (non-hydrogen) atoms. The van der Waals surface area contributed by atoms with Crippen LogP contribution in [-0.2, 0) is 16.1 Å². The molecule has 102 valence electrons. The fourth-order valence-electron chi connectivity index (χ4n) is 1.81. The zero-order valence-electron chi connectivity index (χ0n) is 11.0. The standard InChI is InChI=1S/C13H16N2O3S/c1-3-18-11(16)5-4-6-15-13(17)10-7-9(2)8-14-12(10)19-15/h7-8H,3-6H2,1-2H3. The Bertz CT molecular complexity index is 645. The van der Waals surface area contributed by atoms with Crippen molar-refractivity contribution >= 4 is 27.7 Å². The molecule has 2 heterocycles. The average molecular weight is 280 g/mol. The lowest BCUT2D eigenvalue weighted by Crippen LogP contribution is -2.14. The molecule has 6 heteroatoms. The molecule has 0 atom stereocenters. The number of esters is 1. The molecule has 0 aliphatic rings. The molecular formula is C13H16N2O3S. The van der Waals surface area contributed by atoms with E-state index in [0.29, 0.717) is 31.4 Å². The number of carbonyl (C=O) groups excluding carboxylic acids is 1. The van der Waals surface area contributed by atoms with Gasteiger partial charge >= 0.3 is 5.97 Å². The Morgan fingerprint density at radius 3 is 3.05 bits per heavy atom. The monoisotopic (exact) mass is 280 g/mol. The van der Waals surface area contributed by atoms with Crippen LogP contribution >= 0.6 is 11.5 Å².